The van der Waals surface area contributed by atoms with Gasteiger partial charge in [-0.25, -0.2) is 0 Å². The molecule has 1 N–H and O–H groups in total. The Bertz CT molecular complexity index is 427. The second-order valence-corrected chi connectivity index (χ2v) is 6.37. The molecule has 2 heterocycles. The maximum absolute atomic E-state index is 11.0. The van der Waals surface area contributed by atoms with Crippen LogP contribution in [0.25, 0.3) is 0 Å². The summed E-state index contributed by atoms with van der Waals surface area (Å²) in [6.45, 7) is 9.09. The maximum atomic E-state index is 11.0. The number of aliphatic hydroxyl groups is 1. The molecule has 0 radical (unpaired) electrons. The van der Waals surface area contributed by atoms with Gasteiger partial charge in [0, 0.05) is 12.1 Å². The molecule has 0 aliphatic carbocycles. The molecule has 0 amide bonds. The van der Waals surface area contributed by atoms with Crippen LogP contribution in [-0.4, -0.2) is 45.5 Å². The summed E-state index contributed by atoms with van der Waals surface area (Å²) >= 11 is 0. The van der Waals surface area contributed by atoms with Gasteiger partial charge in [-0.15, -0.1) is 0 Å². The molecule has 1 saturated heterocycles. The fraction of sp³-hybridized carbons (Fsp3) is 0.812. The van der Waals surface area contributed by atoms with Crippen LogP contribution in [0, 0.1) is 0 Å². The third kappa shape index (κ3) is 3.24. The van der Waals surface area contributed by atoms with Crippen molar-refractivity contribution >= 4 is 0 Å². The Morgan fingerprint density at radius 3 is 2.43 bits per heavy atom. The molecule has 120 valence electrons. The number of likely N-dealkylation sites (tertiary alicyclic amines) is 1. The molecule has 1 aromatic rings. The average Bonchev–Trinajstić information content (AvgIpc) is 2.69. The lowest BCUT2D eigenvalue weighted by atomic mass is 9.91. The lowest BCUT2D eigenvalue weighted by molar-refractivity contribution is -0.0158. The number of aromatic nitrogens is 2. The van der Waals surface area contributed by atoms with E-state index >= 15 is 0 Å². The van der Waals surface area contributed by atoms with Crippen molar-refractivity contribution in [2.24, 2.45) is 0 Å². The summed E-state index contributed by atoms with van der Waals surface area (Å²) in [5.74, 6) is 0.673. The Hall–Kier alpha value is -1.07. The highest BCUT2D eigenvalue weighted by atomic mass is 16.5. The van der Waals surface area contributed by atoms with E-state index in [0.717, 1.165) is 25.3 Å². The van der Waals surface area contributed by atoms with Crippen LogP contribution in [0.4, 0.5) is 0 Å². The summed E-state index contributed by atoms with van der Waals surface area (Å²) in [7, 11) is 1.63. The standard InChI is InChI=1S/C16H29N3O2/c1-5-19-14(13(21-4)12-17-19)15(20)16(2,3)18-10-8-6-7-9-11-18/h12,15,20H,5-11H2,1-4H3. The summed E-state index contributed by atoms with van der Waals surface area (Å²) < 4.78 is 7.23. The van der Waals surface area contributed by atoms with E-state index in [2.05, 4.69) is 23.8 Å². The van der Waals surface area contributed by atoms with E-state index in [1.165, 1.54) is 25.7 Å². The normalized spacial score (nSPS) is 19.3. The lowest BCUT2D eigenvalue weighted by Gasteiger charge is -2.41. The van der Waals surface area contributed by atoms with E-state index in [9.17, 15) is 5.11 Å². The molecule has 1 atom stereocenters. The Balaban J connectivity index is 2.28. The summed E-state index contributed by atoms with van der Waals surface area (Å²) in [5, 5.41) is 15.3. The molecule has 1 fully saturated rings. The summed E-state index contributed by atoms with van der Waals surface area (Å²) in [6, 6.07) is 0. The Labute approximate surface area is 127 Å². The van der Waals surface area contributed by atoms with Crippen LogP contribution < -0.4 is 4.74 Å². The molecular weight excluding hydrogens is 266 g/mol. The number of methoxy groups -OCH3 is 1. The highest BCUT2D eigenvalue weighted by Gasteiger charge is 2.38. The van der Waals surface area contributed by atoms with Crippen molar-refractivity contribution in [3.63, 3.8) is 0 Å². The van der Waals surface area contributed by atoms with Crippen LogP contribution >= 0.6 is 0 Å². The molecule has 5 heteroatoms. The minimum absolute atomic E-state index is 0.329. The van der Waals surface area contributed by atoms with E-state index in [4.69, 9.17) is 4.74 Å². The molecule has 1 aliphatic heterocycles. The van der Waals surface area contributed by atoms with E-state index in [1.54, 1.807) is 13.3 Å². The molecular formula is C16H29N3O2. The van der Waals surface area contributed by atoms with Crippen molar-refractivity contribution in [1.29, 1.82) is 0 Å². The SMILES string of the molecule is CCn1ncc(OC)c1C(O)C(C)(C)N1CCCCCC1. The van der Waals surface area contributed by atoms with Crippen molar-refractivity contribution in [3.05, 3.63) is 11.9 Å². The van der Waals surface area contributed by atoms with Crippen molar-refractivity contribution in [2.45, 2.75) is 64.6 Å². The highest BCUT2D eigenvalue weighted by molar-refractivity contribution is 5.29. The van der Waals surface area contributed by atoms with Gasteiger partial charge >= 0.3 is 0 Å². The molecule has 0 aromatic carbocycles. The highest BCUT2D eigenvalue weighted by Crippen LogP contribution is 2.36. The Morgan fingerprint density at radius 1 is 1.29 bits per heavy atom. The third-order valence-corrected chi connectivity index (χ3v) is 4.71. The van der Waals surface area contributed by atoms with Crippen molar-refractivity contribution in [3.8, 4) is 5.75 Å². The minimum atomic E-state index is -0.618. The number of rotatable bonds is 5. The average molecular weight is 295 g/mol. The van der Waals surface area contributed by atoms with Gasteiger partial charge < -0.3 is 9.84 Å². The zero-order valence-corrected chi connectivity index (χ0v) is 13.8. The second kappa shape index (κ2) is 6.79. The van der Waals surface area contributed by atoms with Crippen molar-refractivity contribution in [1.82, 2.24) is 14.7 Å². The van der Waals surface area contributed by atoms with Crippen LogP contribution in [-0.2, 0) is 6.54 Å². The summed E-state index contributed by atoms with van der Waals surface area (Å²) in [6.07, 6.45) is 6.08. The summed E-state index contributed by atoms with van der Waals surface area (Å²) in [4.78, 5) is 2.41. The van der Waals surface area contributed by atoms with Crippen LogP contribution in [0.5, 0.6) is 5.75 Å². The first-order valence-corrected chi connectivity index (χ1v) is 8.05. The number of hydrogen-bond donors (Lipinski definition) is 1. The number of ether oxygens (including phenoxy) is 1. The molecule has 21 heavy (non-hydrogen) atoms. The van der Waals surface area contributed by atoms with E-state index in [1.807, 2.05) is 11.6 Å². The summed E-state index contributed by atoms with van der Waals surface area (Å²) in [5.41, 5.74) is 0.458. The van der Waals surface area contributed by atoms with Gasteiger partial charge in [-0.2, -0.15) is 5.10 Å². The van der Waals surface area contributed by atoms with Gasteiger partial charge in [0.2, 0.25) is 0 Å². The fourth-order valence-electron chi connectivity index (χ4n) is 3.22. The van der Waals surface area contributed by atoms with Crippen molar-refractivity contribution < 1.29 is 9.84 Å². The fourth-order valence-corrected chi connectivity index (χ4v) is 3.22. The Morgan fingerprint density at radius 2 is 1.90 bits per heavy atom. The van der Waals surface area contributed by atoms with Crippen LogP contribution in [0.2, 0.25) is 0 Å². The molecule has 2 rings (SSSR count). The van der Waals surface area contributed by atoms with E-state index in [0.29, 0.717) is 5.75 Å². The number of nitrogens with zero attached hydrogens (tertiary/aromatic N) is 3. The van der Waals surface area contributed by atoms with Crippen molar-refractivity contribution in [2.75, 3.05) is 20.2 Å². The first kappa shape index (κ1) is 16.3. The van der Waals surface area contributed by atoms with Gasteiger partial charge in [-0.1, -0.05) is 12.8 Å². The molecule has 1 aromatic heterocycles. The van der Waals surface area contributed by atoms with Gasteiger partial charge in [0.1, 0.15) is 11.8 Å². The molecule has 0 bridgehead atoms. The Kier molecular flexibility index (Phi) is 5.27. The zero-order chi connectivity index (χ0) is 15.5. The minimum Gasteiger partial charge on any atom is -0.493 e. The van der Waals surface area contributed by atoms with Gasteiger partial charge in [0.25, 0.3) is 0 Å². The van der Waals surface area contributed by atoms with Gasteiger partial charge in [0.05, 0.1) is 13.3 Å². The molecule has 0 spiro atoms. The second-order valence-electron chi connectivity index (χ2n) is 6.37. The number of hydrogen-bond acceptors (Lipinski definition) is 4. The predicted octanol–water partition coefficient (Wildman–Crippen LogP) is 2.60. The molecule has 0 saturated carbocycles. The quantitative estimate of drug-likeness (QED) is 0.907. The monoisotopic (exact) mass is 295 g/mol. The van der Waals surface area contributed by atoms with Gasteiger partial charge in [-0.05, 0) is 46.7 Å². The van der Waals surface area contributed by atoms with E-state index < -0.39 is 6.10 Å². The first-order valence-electron chi connectivity index (χ1n) is 8.05. The molecule has 1 unspecified atom stereocenters. The predicted molar refractivity (Wildman–Crippen MR) is 83.5 cm³/mol. The topological polar surface area (TPSA) is 50.5 Å². The van der Waals surface area contributed by atoms with Gasteiger partial charge in [0.15, 0.2) is 5.75 Å². The van der Waals surface area contributed by atoms with Crippen LogP contribution in [0.3, 0.4) is 0 Å². The molecule has 5 nitrogen and oxygen atoms in total. The largest absolute Gasteiger partial charge is 0.493 e. The smallest absolute Gasteiger partial charge is 0.162 e. The van der Waals surface area contributed by atoms with Crippen LogP contribution in [0.15, 0.2) is 6.20 Å². The molecule has 1 aliphatic rings. The maximum Gasteiger partial charge on any atom is 0.162 e. The third-order valence-electron chi connectivity index (χ3n) is 4.71. The number of aliphatic hydroxyl groups excluding tert-OH is 1. The lowest BCUT2D eigenvalue weighted by Crippen LogP contribution is -2.49. The number of aryl methyl sites for hydroxylation is 1. The zero-order valence-electron chi connectivity index (χ0n) is 13.8. The van der Waals surface area contributed by atoms with Crippen LogP contribution in [0.1, 0.15) is 58.3 Å². The first-order chi connectivity index (χ1) is 10.0. The van der Waals surface area contributed by atoms with Gasteiger partial charge in [-0.3, -0.25) is 9.58 Å². The van der Waals surface area contributed by atoms with E-state index in [-0.39, 0.29) is 5.54 Å².